The molecule has 0 aliphatic rings. The molecule has 1 heterocycles. The van der Waals surface area contributed by atoms with Gasteiger partial charge in [-0.1, -0.05) is 200 Å². The molecule has 0 amide bonds. The van der Waals surface area contributed by atoms with Gasteiger partial charge in [0.25, 0.3) is 0 Å². The Kier molecular flexibility index (Phi) is 9.77. The zero-order valence-corrected chi connectivity index (χ0v) is 38.2. The van der Waals surface area contributed by atoms with E-state index in [-0.39, 0.29) is 0 Å². The van der Waals surface area contributed by atoms with Crippen molar-refractivity contribution in [1.82, 2.24) is 4.57 Å². The van der Waals surface area contributed by atoms with Crippen molar-refractivity contribution in [2.75, 3.05) is 4.90 Å². The first-order chi connectivity index (χ1) is 34.1. The molecule has 69 heavy (non-hydrogen) atoms. The Bertz CT molecular complexity index is 3970. The van der Waals surface area contributed by atoms with Crippen LogP contribution in [0.25, 0.3) is 104 Å². The monoisotopic (exact) mass is 878 g/mol. The molecule has 0 aliphatic carbocycles. The van der Waals surface area contributed by atoms with Crippen LogP contribution >= 0.6 is 0 Å². The smallest absolute Gasteiger partial charge is 0.0542 e. The molecular weight excluding hydrogens is 833 g/mol. The fraction of sp³-hybridized carbons (Fsp3) is 0.0149. The number of hydrogen-bond acceptors (Lipinski definition) is 1. The predicted molar refractivity (Wildman–Crippen MR) is 294 cm³/mol. The second kappa shape index (κ2) is 16.7. The van der Waals surface area contributed by atoms with E-state index in [1.165, 1.54) is 104 Å². The normalized spacial score (nSPS) is 11.6. The zero-order chi connectivity index (χ0) is 45.8. The van der Waals surface area contributed by atoms with Crippen LogP contribution in [-0.4, -0.2) is 4.57 Å². The number of para-hydroxylation sites is 1. The lowest BCUT2D eigenvalue weighted by Gasteiger charge is -2.26. The van der Waals surface area contributed by atoms with Crippen molar-refractivity contribution in [3.63, 3.8) is 0 Å². The fourth-order valence-electron chi connectivity index (χ4n) is 10.8. The second-order valence-electron chi connectivity index (χ2n) is 18.1. The van der Waals surface area contributed by atoms with E-state index in [9.17, 15) is 0 Å². The van der Waals surface area contributed by atoms with Crippen LogP contribution in [0.3, 0.4) is 0 Å². The van der Waals surface area contributed by atoms with E-state index in [4.69, 9.17) is 0 Å². The van der Waals surface area contributed by atoms with Gasteiger partial charge < -0.3 is 9.47 Å². The largest absolute Gasteiger partial charge is 0.310 e. The number of aryl methyl sites for hydroxylation is 1. The molecule has 0 saturated carbocycles. The molecule has 0 N–H and O–H groups in total. The highest BCUT2D eigenvalue weighted by molar-refractivity contribution is 6.21. The summed E-state index contributed by atoms with van der Waals surface area (Å²) in [6.45, 7) is 2.14. The van der Waals surface area contributed by atoms with Crippen LogP contribution in [-0.2, 0) is 0 Å². The van der Waals surface area contributed by atoms with Gasteiger partial charge in [-0.2, -0.15) is 0 Å². The minimum Gasteiger partial charge on any atom is -0.310 e. The molecule has 1 aromatic heterocycles. The molecule has 2 nitrogen and oxygen atoms in total. The van der Waals surface area contributed by atoms with Gasteiger partial charge in [-0.05, 0) is 150 Å². The van der Waals surface area contributed by atoms with E-state index in [1.807, 2.05) is 0 Å². The van der Waals surface area contributed by atoms with Crippen molar-refractivity contribution in [3.05, 3.63) is 266 Å². The van der Waals surface area contributed by atoms with E-state index < -0.39 is 0 Å². The van der Waals surface area contributed by atoms with Gasteiger partial charge in [0.15, 0.2) is 0 Å². The summed E-state index contributed by atoms with van der Waals surface area (Å²) >= 11 is 0. The summed E-state index contributed by atoms with van der Waals surface area (Å²) in [6.07, 6.45) is 0. The van der Waals surface area contributed by atoms with Crippen LogP contribution in [0.2, 0.25) is 0 Å². The maximum absolute atomic E-state index is 2.42. The molecule has 13 aromatic rings. The Morgan fingerprint density at radius 3 is 1.36 bits per heavy atom. The molecule has 0 radical (unpaired) electrons. The van der Waals surface area contributed by atoms with Gasteiger partial charge >= 0.3 is 0 Å². The van der Waals surface area contributed by atoms with Crippen molar-refractivity contribution >= 4 is 71.2 Å². The second-order valence-corrected chi connectivity index (χ2v) is 18.1. The number of nitrogens with zero attached hydrogens (tertiary/aromatic N) is 2. The van der Waals surface area contributed by atoms with E-state index in [1.54, 1.807) is 0 Å². The SMILES string of the molecule is Cc1ccc(-c2ccc3c(c2)c2cc(N(c4ccc(-c5cccc6ccccc56)cc4)c4ccc(-c5c6ccccc6c(-c6ccccc6)c6ccccc56)cc4)ccc2n3-c2ccccc2)cc1. The van der Waals surface area contributed by atoms with Gasteiger partial charge in [0, 0.05) is 33.5 Å². The summed E-state index contributed by atoms with van der Waals surface area (Å²) in [4.78, 5) is 2.42. The zero-order valence-electron chi connectivity index (χ0n) is 38.2. The van der Waals surface area contributed by atoms with E-state index in [0.717, 1.165) is 22.7 Å². The number of benzene rings is 12. The van der Waals surface area contributed by atoms with Gasteiger partial charge in [-0.25, -0.2) is 0 Å². The van der Waals surface area contributed by atoms with Crippen LogP contribution in [0.15, 0.2) is 261 Å². The van der Waals surface area contributed by atoms with Crippen molar-refractivity contribution < 1.29 is 0 Å². The van der Waals surface area contributed by atoms with Crippen LogP contribution in [0.5, 0.6) is 0 Å². The summed E-state index contributed by atoms with van der Waals surface area (Å²) in [5.41, 5.74) is 17.8. The van der Waals surface area contributed by atoms with Crippen LogP contribution in [0.1, 0.15) is 5.56 Å². The van der Waals surface area contributed by atoms with Gasteiger partial charge in [0.05, 0.1) is 11.0 Å². The quantitative estimate of drug-likeness (QED) is 0.138. The van der Waals surface area contributed by atoms with Crippen LogP contribution < -0.4 is 4.90 Å². The summed E-state index contributed by atoms with van der Waals surface area (Å²) < 4.78 is 2.41. The summed E-state index contributed by atoms with van der Waals surface area (Å²) in [5.74, 6) is 0. The Morgan fingerprint density at radius 2 is 0.739 bits per heavy atom. The third kappa shape index (κ3) is 6.96. The molecule has 0 atom stereocenters. The molecule has 0 saturated heterocycles. The topological polar surface area (TPSA) is 8.17 Å². The first-order valence-corrected chi connectivity index (χ1v) is 23.8. The lowest BCUT2D eigenvalue weighted by molar-refractivity contribution is 1.18. The molecular formula is C67H46N2. The first-order valence-electron chi connectivity index (χ1n) is 23.8. The van der Waals surface area contributed by atoms with Crippen molar-refractivity contribution in [3.8, 4) is 50.2 Å². The highest BCUT2D eigenvalue weighted by atomic mass is 15.1. The molecule has 0 fully saturated rings. The van der Waals surface area contributed by atoms with Crippen molar-refractivity contribution in [1.29, 1.82) is 0 Å². The lowest BCUT2D eigenvalue weighted by Crippen LogP contribution is -2.10. The summed E-state index contributed by atoms with van der Waals surface area (Å²) in [6, 6.07) is 95.7. The number of aromatic nitrogens is 1. The van der Waals surface area contributed by atoms with Crippen LogP contribution in [0.4, 0.5) is 17.1 Å². The molecule has 2 heteroatoms. The number of anilines is 3. The number of rotatable bonds is 8. The maximum atomic E-state index is 2.42. The molecule has 0 spiro atoms. The number of fused-ring (bicyclic) bond motifs is 6. The molecule has 12 aromatic carbocycles. The molecule has 0 bridgehead atoms. The molecule has 0 unspecified atom stereocenters. The van der Waals surface area contributed by atoms with Gasteiger partial charge in [0.1, 0.15) is 0 Å². The summed E-state index contributed by atoms with van der Waals surface area (Å²) in [5, 5.41) is 9.90. The Labute approximate surface area is 402 Å². The molecule has 0 aliphatic heterocycles. The Morgan fingerprint density at radius 1 is 0.290 bits per heavy atom. The Balaban J connectivity index is 1.000. The average molecular weight is 879 g/mol. The van der Waals surface area contributed by atoms with Crippen LogP contribution in [0, 0.1) is 6.92 Å². The van der Waals surface area contributed by atoms with Gasteiger partial charge in [-0.15, -0.1) is 0 Å². The minimum atomic E-state index is 1.08. The van der Waals surface area contributed by atoms with Crippen molar-refractivity contribution in [2.24, 2.45) is 0 Å². The standard InChI is InChI=1S/C67H46N2/c1-45-27-29-46(30-28-45)51-35-41-64-62(43-51)63-44-55(40-42-65(63)69(64)52-19-6-3-7-20-52)68(53-36-31-48(32-37-53)57-26-14-18-47-15-8-9-21-56(47)57)54-38-33-50(34-39-54)67-60-24-12-10-22-58(60)66(49-16-4-2-5-17-49)59-23-11-13-25-61(59)67/h2-44H,1H3. The lowest BCUT2D eigenvalue weighted by atomic mass is 9.86. The van der Waals surface area contributed by atoms with E-state index in [2.05, 4.69) is 277 Å². The van der Waals surface area contributed by atoms with E-state index in [0.29, 0.717) is 0 Å². The van der Waals surface area contributed by atoms with E-state index >= 15 is 0 Å². The molecule has 13 rings (SSSR count). The third-order valence-corrected chi connectivity index (χ3v) is 14.0. The molecule has 324 valence electrons. The van der Waals surface area contributed by atoms with Gasteiger partial charge in [-0.3, -0.25) is 0 Å². The predicted octanol–water partition coefficient (Wildman–Crippen LogP) is 18.7. The highest BCUT2D eigenvalue weighted by Gasteiger charge is 2.21. The fourth-order valence-corrected chi connectivity index (χ4v) is 10.8. The maximum Gasteiger partial charge on any atom is 0.0542 e. The van der Waals surface area contributed by atoms with Crippen molar-refractivity contribution in [2.45, 2.75) is 6.92 Å². The third-order valence-electron chi connectivity index (χ3n) is 14.0. The first kappa shape index (κ1) is 40.3. The minimum absolute atomic E-state index is 1.08. The number of hydrogen-bond donors (Lipinski definition) is 0. The summed E-state index contributed by atoms with van der Waals surface area (Å²) in [7, 11) is 0. The van der Waals surface area contributed by atoms with Gasteiger partial charge in [0.2, 0.25) is 0 Å². The highest BCUT2D eigenvalue weighted by Crippen LogP contribution is 2.46. The average Bonchev–Trinajstić information content (AvgIpc) is 3.74. The Hall–Kier alpha value is -8.98.